The standard InChI is InChI=1S/C11H9N5OS/c12-16-11-14-9(8-3-5-18-10(8)15-11)17-7-2-1-4-13-6-7/h1-6H,12H2,(H,14,15,16). The summed E-state index contributed by atoms with van der Waals surface area (Å²) in [7, 11) is 0. The van der Waals surface area contributed by atoms with E-state index < -0.39 is 0 Å². The summed E-state index contributed by atoms with van der Waals surface area (Å²) in [6, 6.07) is 5.51. The number of thiophene rings is 1. The van der Waals surface area contributed by atoms with Crippen molar-refractivity contribution in [2.45, 2.75) is 0 Å². The van der Waals surface area contributed by atoms with Crippen LogP contribution in [0.5, 0.6) is 11.6 Å². The highest BCUT2D eigenvalue weighted by molar-refractivity contribution is 7.16. The smallest absolute Gasteiger partial charge is 0.241 e. The van der Waals surface area contributed by atoms with Crippen molar-refractivity contribution in [3.05, 3.63) is 36.0 Å². The minimum Gasteiger partial charge on any atom is -0.437 e. The second-order valence-electron chi connectivity index (χ2n) is 3.43. The lowest BCUT2D eigenvalue weighted by Gasteiger charge is -2.06. The molecule has 0 radical (unpaired) electrons. The largest absolute Gasteiger partial charge is 0.437 e. The van der Waals surface area contributed by atoms with E-state index >= 15 is 0 Å². The van der Waals surface area contributed by atoms with Crippen LogP contribution in [-0.2, 0) is 0 Å². The lowest BCUT2D eigenvalue weighted by molar-refractivity contribution is 0.467. The molecule has 6 nitrogen and oxygen atoms in total. The van der Waals surface area contributed by atoms with Gasteiger partial charge in [0, 0.05) is 6.20 Å². The summed E-state index contributed by atoms with van der Waals surface area (Å²) in [5.74, 6) is 6.73. The molecule has 3 heterocycles. The third-order valence-electron chi connectivity index (χ3n) is 2.27. The normalized spacial score (nSPS) is 10.5. The number of rotatable bonds is 3. The van der Waals surface area contributed by atoms with Gasteiger partial charge in [0.2, 0.25) is 11.8 Å². The fourth-order valence-corrected chi connectivity index (χ4v) is 2.24. The molecule has 3 aromatic heterocycles. The van der Waals surface area contributed by atoms with Crippen molar-refractivity contribution in [3.63, 3.8) is 0 Å². The van der Waals surface area contributed by atoms with Gasteiger partial charge in [0.05, 0.1) is 11.6 Å². The summed E-state index contributed by atoms with van der Waals surface area (Å²) in [6.45, 7) is 0. The topological polar surface area (TPSA) is 86.0 Å². The van der Waals surface area contributed by atoms with Crippen LogP contribution in [0.1, 0.15) is 0 Å². The van der Waals surface area contributed by atoms with E-state index in [9.17, 15) is 0 Å². The second kappa shape index (κ2) is 4.55. The van der Waals surface area contributed by atoms with Gasteiger partial charge in [0.15, 0.2) is 0 Å². The van der Waals surface area contributed by atoms with E-state index in [0.717, 1.165) is 10.2 Å². The van der Waals surface area contributed by atoms with E-state index in [2.05, 4.69) is 20.4 Å². The molecular formula is C11H9N5OS. The van der Waals surface area contributed by atoms with Crippen LogP contribution in [0.25, 0.3) is 10.2 Å². The molecule has 0 fully saturated rings. The van der Waals surface area contributed by atoms with Gasteiger partial charge < -0.3 is 4.74 Å². The molecule has 3 aromatic rings. The molecule has 3 rings (SSSR count). The van der Waals surface area contributed by atoms with Crippen LogP contribution in [0.2, 0.25) is 0 Å². The van der Waals surface area contributed by atoms with E-state index in [-0.39, 0.29) is 0 Å². The molecule has 0 amide bonds. The number of aromatic nitrogens is 3. The Morgan fingerprint density at radius 3 is 3.00 bits per heavy atom. The second-order valence-corrected chi connectivity index (χ2v) is 4.32. The molecule has 3 N–H and O–H groups in total. The van der Waals surface area contributed by atoms with Gasteiger partial charge in [-0.25, -0.2) is 10.8 Å². The SMILES string of the molecule is NNc1nc(Oc2cccnc2)c2ccsc2n1. The van der Waals surface area contributed by atoms with Crippen LogP contribution in [0.4, 0.5) is 5.95 Å². The van der Waals surface area contributed by atoms with Crippen LogP contribution in [0.15, 0.2) is 36.0 Å². The average molecular weight is 259 g/mol. The Hall–Kier alpha value is -2.25. The quantitative estimate of drug-likeness (QED) is 0.553. The first-order chi connectivity index (χ1) is 8.86. The van der Waals surface area contributed by atoms with Gasteiger partial charge >= 0.3 is 0 Å². The maximum Gasteiger partial charge on any atom is 0.241 e. The van der Waals surface area contributed by atoms with E-state index in [1.807, 2.05) is 17.5 Å². The molecule has 90 valence electrons. The van der Waals surface area contributed by atoms with Crippen molar-refractivity contribution in [2.24, 2.45) is 5.84 Å². The molecule has 0 aromatic carbocycles. The van der Waals surface area contributed by atoms with Crippen molar-refractivity contribution in [3.8, 4) is 11.6 Å². The highest BCUT2D eigenvalue weighted by Gasteiger charge is 2.10. The monoisotopic (exact) mass is 259 g/mol. The Labute approximate surface area is 106 Å². The minimum atomic E-state index is 0.323. The number of hydrogen-bond acceptors (Lipinski definition) is 7. The first-order valence-electron chi connectivity index (χ1n) is 5.16. The van der Waals surface area contributed by atoms with Crippen molar-refractivity contribution in [1.29, 1.82) is 0 Å². The summed E-state index contributed by atoms with van der Waals surface area (Å²) >= 11 is 1.50. The van der Waals surface area contributed by atoms with Crippen molar-refractivity contribution in [2.75, 3.05) is 5.43 Å². The van der Waals surface area contributed by atoms with Crippen LogP contribution in [0, 0.1) is 0 Å². The number of nitrogens with one attached hydrogen (secondary N) is 1. The molecule has 0 atom stereocenters. The van der Waals surface area contributed by atoms with Gasteiger partial charge in [-0.3, -0.25) is 10.4 Å². The number of nitrogens with two attached hydrogens (primary N) is 1. The van der Waals surface area contributed by atoms with Gasteiger partial charge in [-0.2, -0.15) is 4.98 Å². The van der Waals surface area contributed by atoms with Crippen molar-refractivity contribution < 1.29 is 4.74 Å². The highest BCUT2D eigenvalue weighted by atomic mass is 32.1. The predicted molar refractivity (Wildman–Crippen MR) is 69.5 cm³/mol. The average Bonchev–Trinajstić information content (AvgIpc) is 2.88. The van der Waals surface area contributed by atoms with Gasteiger partial charge in [0.25, 0.3) is 0 Å². The van der Waals surface area contributed by atoms with Crippen molar-refractivity contribution in [1.82, 2.24) is 15.0 Å². The number of nitrogens with zero attached hydrogens (tertiary/aromatic N) is 3. The van der Waals surface area contributed by atoms with E-state index in [0.29, 0.717) is 17.6 Å². The third-order valence-corrected chi connectivity index (χ3v) is 3.07. The number of nitrogen functional groups attached to an aromatic ring is 1. The molecule has 0 bridgehead atoms. The molecule has 0 saturated carbocycles. The van der Waals surface area contributed by atoms with E-state index in [4.69, 9.17) is 10.6 Å². The van der Waals surface area contributed by atoms with Crippen LogP contribution in [-0.4, -0.2) is 15.0 Å². The van der Waals surface area contributed by atoms with Gasteiger partial charge in [-0.1, -0.05) is 0 Å². The molecule has 0 unspecified atom stereocenters. The number of pyridine rings is 1. The van der Waals surface area contributed by atoms with Crippen LogP contribution in [0.3, 0.4) is 0 Å². The Morgan fingerprint density at radius 2 is 2.22 bits per heavy atom. The fourth-order valence-electron chi connectivity index (χ4n) is 1.49. The molecule has 0 aliphatic carbocycles. The Kier molecular flexibility index (Phi) is 2.75. The van der Waals surface area contributed by atoms with Gasteiger partial charge in [-0.05, 0) is 23.6 Å². The van der Waals surface area contributed by atoms with Crippen molar-refractivity contribution >= 4 is 27.5 Å². The number of hydrogen-bond donors (Lipinski definition) is 2. The lowest BCUT2D eigenvalue weighted by atomic mass is 10.4. The minimum absolute atomic E-state index is 0.323. The highest BCUT2D eigenvalue weighted by Crippen LogP contribution is 2.30. The summed E-state index contributed by atoms with van der Waals surface area (Å²) in [4.78, 5) is 13.2. The number of fused-ring (bicyclic) bond motifs is 1. The zero-order chi connectivity index (χ0) is 12.4. The molecule has 18 heavy (non-hydrogen) atoms. The Bertz CT molecular complexity index is 670. The van der Waals surface area contributed by atoms with Gasteiger partial charge in [0.1, 0.15) is 10.6 Å². The van der Waals surface area contributed by atoms with E-state index in [1.165, 1.54) is 11.3 Å². The lowest BCUT2D eigenvalue weighted by Crippen LogP contribution is -2.10. The Balaban J connectivity index is 2.07. The predicted octanol–water partition coefficient (Wildman–Crippen LogP) is 2.16. The number of anilines is 1. The zero-order valence-corrected chi connectivity index (χ0v) is 10.0. The molecular weight excluding hydrogens is 250 g/mol. The zero-order valence-electron chi connectivity index (χ0n) is 9.20. The third kappa shape index (κ3) is 1.96. The first-order valence-corrected chi connectivity index (χ1v) is 6.04. The van der Waals surface area contributed by atoms with Crippen LogP contribution >= 0.6 is 11.3 Å². The molecule has 0 saturated heterocycles. The summed E-state index contributed by atoms with van der Waals surface area (Å²) in [6.07, 6.45) is 3.30. The maximum absolute atomic E-state index is 5.69. The van der Waals surface area contributed by atoms with Gasteiger partial charge in [-0.15, -0.1) is 11.3 Å². The Morgan fingerprint density at radius 1 is 1.28 bits per heavy atom. The molecule has 0 aliphatic heterocycles. The molecule has 0 aliphatic rings. The molecule has 7 heteroatoms. The van der Waals surface area contributed by atoms with Crippen LogP contribution < -0.4 is 16.0 Å². The summed E-state index contributed by atoms with van der Waals surface area (Å²) < 4.78 is 5.69. The molecule has 0 spiro atoms. The maximum atomic E-state index is 5.69. The number of hydrazine groups is 1. The first kappa shape index (κ1) is 10.9. The summed E-state index contributed by atoms with van der Waals surface area (Å²) in [5.41, 5.74) is 2.42. The van der Waals surface area contributed by atoms with E-state index in [1.54, 1.807) is 18.5 Å². The fraction of sp³-hybridized carbons (Fsp3) is 0. The summed E-state index contributed by atoms with van der Waals surface area (Å²) in [5, 5.41) is 2.78. The number of ether oxygens (including phenoxy) is 1.